The molecule has 11 rings (SSSR count). The molecule has 0 radical (unpaired) electrons. The minimum absolute atomic E-state index is 0.624. The summed E-state index contributed by atoms with van der Waals surface area (Å²) in [5, 5.41) is 4.38. The van der Waals surface area contributed by atoms with Gasteiger partial charge in [0.2, 0.25) is 0 Å². The molecule has 262 valence electrons. The van der Waals surface area contributed by atoms with Crippen molar-refractivity contribution in [1.82, 2.24) is 15.0 Å². The van der Waals surface area contributed by atoms with Crippen LogP contribution in [0.2, 0.25) is 0 Å². The maximum Gasteiger partial charge on any atom is 0.164 e. The number of aromatic nitrogens is 3. The SMILES string of the molecule is c1ccc(-c2nc(-c3ccccc3)nc(-c3cccc(-c4cccc(-c5cccc6c5oc5ccc(-c7cccc8c7oc7ccccc78)cc56)c4)c3)n2)cc1. The fourth-order valence-corrected chi connectivity index (χ4v) is 7.81. The zero-order chi connectivity index (χ0) is 37.0. The Morgan fingerprint density at radius 2 is 0.696 bits per heavy atom. The van der Waals surface area contributed by atoms with E-state index >= 15 is 0 Å². The quantitative estimate of drug-likeness (QED) is 0.171. The van der Waals surface area contributed by atoms with Crippen molar-refractivity contribution in [2.45, 2.75) is 0 Å². The van der Waals surface area contributed by atoms with E-state index in [1.54, 1.807) is 0 Å². The Bertz CT molecular complexity index is 3200. The number of rotatable bonds is 6. The second-order valence-electron chi connectivity index (χ2n) is 14.0. The highest BCUT2D eigenvalue weighted by Crippen LogP contribution is 2.41. The summed E-state index contributed by atoms with van der Waals surface area (Å²) in [5.41, 5.74) is 12.7. The second-order valence-corrected chi connectivity index (χ2v) is 14.0. The van der Waals surface area contributed by atoms with Gasteiger partial charge in [-0.2, -0.15) is 0 Å². The second kappa shape index (κ2) is 13.0. The van der Waals surface area contributed by atoms with E-state index in [2.05, 4.69) is 115 Å². The average Bonchev–Trinajstić information content (AvgIpc) is 3.85. The lowest BCUT2D eigenvalue weighted by Crippen LogP contribution is -2.00. The first-order chi connectivity index (χ1) is 27.7. The van der Waals surface area contributed by atoms with E-state index in [0.717, 1.165) is 93.9 Å². The van der Waals surface area contributed by atoms with Crippen LogP contribution in [0.4, 0.5) is 0 Å². The third kappa shape index (κ3) is 5.45. The van der Waals surface area contributed by atoms with Gasteiger partial charge in [-0.15, -0.1) is 0 Å². The van der Waals surface area contributed by atoms with Crippen molar-refractivity contribution in [1.29, 1.82) is 0 Å². The van der Waals surface area contributed by atoms with Crippen LogP contribution < -0.4 is 0 Å². The fraction of sp³-hybridized carbons (Fsp3) is 0. The van der Waals surface area contributed by atoms with Gasteiger partial charge in [0.05, 0.1) is 0 Å². The summed E-state index contributed by atoms with van der Waals surface area (Å²) in [6, 6.07) is 64.5. The third-order valence-corrected chi connectivity index (χ3v) is 10.5. The predicted molar refractivity (Wildman–Crippen MR) is 227 cm³/mol. The molecule has 0 unspecified atom stereocenters. The van der Waals surface area contributed by atoms with Crippen LogP contribution >= 0.6 is 0 Å². The molecule has 8 aromatic carbocycles. The number of nitrogens with zero attached hydrogens (tertiary/aromatic N) is 3. The normalized spacial score (nSPS) is 11.6. The Balaban J connectivity index is 0.980. The Morgan fingerprint density at radius 1 is 0.268 bits per heavy atom. The van der Waals surface area contributed by atoms with Crippen LogP contribution in [-0.4, -0.2) is 15.0 Å². The Labute approximate surface area is 322 Å². The minimum atomic E-state index is 0.624. The Kier molecular flexibility index (Phi) is 7.42. The summed E-state index contributed by atoms with van der Waals surface area (Å²) in [7, 11) is 0. The molecule has 3 aromatic heterocycles. The van der Waals surface area contributed by atoms with Crippen molar-refractivity contribution in [2.75, 3.05) is 0 Å². The first-order valence-electron chi connectivity index (χ1n) is 18.7. The van der Waals surface area contributed by atoms with Crippen LogP contribution in [0, 0.1) is 0 Å². The molecule has 56 heavy (non-hydrogen) atoms. The molecule has 0 saturated carbocycles. The molecule has 0 fully saturated rings. The van der Waals surface area contributed by atoms with Crippen molar-refractivity contribution in [2.24, 2.45) is 0 Å². The highest BCUT2D eigenvalue weighted by Gasteiger charge is 2.17. The minimum Gasteiger partial charge on any atom is -0.455 e. The first kappa shape index (κ1) is 31.9. The molecule has 0 aliphatic carbocycles. The van der Waals surface area contributed by atoms with E-state index in [9.17, 15) is 0 Å². The van der Waals surface area contributed by atoms with Gasteiger partial charge >= 0.3 is 0 Å². The molecule has 0 amide bonds. The van der Waals surface area contributed by atoms with Gasteiger partial charge < -0.3 is 8.83 Å². The number of para-hydroxylation sites is 3. The highest BCUT2D eigenvalue weighted by molar-refractivity contribution is 6.13. The zero-order valence-corrected chi connectivity index (χ0v) is 30.1. The van der Waals surface area contributed by atoms with Crippen LogP contribution in [0.3, 0.4) is 0 Å². The van der Waals surface area contributed by atoms with E-state index in [1.807, 2.05) is 72.8 Å². The monoisotopic (exact) mass is 717 g/mol. The van der Waals surface area contributed by atoms with Crippen LogP contribution in [0.5, 0.6) is 0 Å². The molecule has 3 heterocycles. The molecule has 5 heteroatoms. The van der Waals surface area contributed by atoms with E-state index in [-0.39, 0.29) is 0 Å². The standard InChI is InChI=1S/C51H31N3O2/c1-3-13-32(14-4-1)49-52-50(33-15-5-2-6-16-33)54-51(53-49)38-20-10-18-35(30-38)34-17-9-19-36(29-34)39-22-12-25-43-44-31-37(27-28-46(44)56-48(39)43)40-23-11-24-42-41-21-7-8-26-45(41)55-47(40)42/h1-31H. The molecule has 11 aromatic rings. The van der Waals surface area contributed by atoms with E-state index < -0.39 is 0 Å². The fourth-order valence-electron chi connectivity index (χ4n) is 7.81. The number of benzene rings is 8. The number of hydrogen-bond acceptors (Lipinski definition) is 5. The maximum absolute atomic E-state index is 6.64. The summed E-state index contributed by atoms with van der Waals surface area (Å²) in [5.74, 6) is 1.90. The maximum atomic E-state index is 6.64. The van der Waals surface area contributed by atoms with Gasteiger partial charge in [0, 0.05) is 49.4 Å². The topological polar surface area (TPSA) is 65.0 Å². The molecule has 0 aliphatic rings. The summed E-state index contributed by atoms with van der Waals surface area (Å²) >= 11 is 0. The Hall–Kier alpha value is -7.63. The molecule has 0 aliphatic heterocycles. The largest absolute Gasteiger partial charge is 0.455 e. The van der Waals surface area contributed by atoms with Gasteiger partial charge in [-0.25, -0.2) is 15.0 Å². The van der Waals surface area contributed by atoms with Gasteiger partial charge in [0.1, 0.15) is 22.3 Å². The van der Waals surface area contributed by atoms with Crippen LogP contribution in [0.15, 0.2) is 197 Å². The van der Waals surface area contributed by atoms with Gasteiger partial charge in [0.15, 0.2) is 17.5 Å². The van der Waals surface area contributed by atoms with E-state index in [0.29, 0.717) is 17.5 Å². The number of fused-ring (bicyclic) bond motifs is 6. The Morgan fingerprint density at radius 3 is 1.34 bits per heavy atom. The lowest BCUT2D eigenvalue weighted by atomic mass is 9.96. The van der Waals surface area contributed by atoms with Gasteiger partial charge in [-0.05, 0) is 52.6 Å². The van der Waals surface area contributed by atoms with Crippen molar-refractivity contribution in [3.63, 3.8) is 0 Å². The highest BCUT2D eigenvalue weighted by atomic mass is 16.3. The third-order valence-electron chi connectivity index (χ3n) is 10.5. The summed E-state index contributed by atoms with van der Waals surface area (Å²) in [4.78, 5) is 14.8. The van der Waals surface area contributed by atoms with Crippen molar-refractivity contribution in [3.05, 3.63) is 188 Å². The van der Waals surface area contributed by atoms with Crippen LogP contribution in [0.1, 0.15) is 0 Å². The molecule has 0 atom stereocenters. The van der Waals surface area contributed by atoms with Gasteiger partial charge in [-0.3, -0.25) is 0 Å². The van der Waals surface area contributed by atoms with E-state index in [4.69, 9.17) is 23.8 Å². The van der Waals surface area contributed by atoms with Gasteiger partial charge in [-0.1, -0.05) is 158 Å². The van der Waals surface area contributed by atoms with Crippen LogP contribution in [-0.2, 0) is 0 Å². The van der Waals surface area contributed by atoms with Crippen molar-refractivity contribution < 1.29 is 8.83 Å². The summed E-state index contributed by atoms with van der Waals surface area (Å²) in [6.07, 6.45) is 0. The zero-order valence-electron chi connectivity index (χ0n) is 30.1. The average molecular weight is 718 g/mol. The molecule has 0 bridgehead atoms. The number of hydrogen-bond donors (Lipinski definition) is 0. The number of furan rings is 2. The molecule has 0 spiro atoms. The first-order valence-corrected chi connectivity index (χ1v) is 18.7. The predicted octanol–water partition coefficient (Wildman–Crippen LogP) is 13.7. The summed E-state index contributed by atoms with van der Waals surface area (Å²) in [6.45, 7) is 0. The van der Waals surface area contributed by atoms with Gasteiger partial charge in [0.25, 0.3) is 0 Å². The van der Waals surface area contributed by atoms with Crippen molar-refractivity contribution in [3.8, 4) is 67.5 Å². The summed E-state index contributed by atoms with van der Waals surface area (Å²) < 4.78 is 13.0. The van der Waals surface area contributed by atoms with Crippen molar-refractivity contribution >= 4 is 43.9 Å². The molecular formula is C51H31N3O2. The molecule has 0 saturated heterocycles. The molecule has 5 nitrogen and oxygen atoms in total. The molecular weight excluding hydrogens is 687 g/mol. The lowest BCUT2D eigenvalue weighted by Gasteiger charge is -2.10. The van der Waals surface area contributed by atoms with Crippen LogP contribution in [0.25, 0.3) is 111 Å². The lowest BCUT2D eigenvalue weighted by molar-refractivity contribution is 0.669. The smallest absolute Gasteiger partial charge is 0.164 e. The van der Waals surface area contributed by atoms with E-state index in [1.165, 1.54) is 0 Å². The molecule has 0 N–H and O–H groups in total.